The molecule has 1 atom stereocenters. The van der Waals surface area contributed by atoms with Gasteiger partial charge in [-0.15, -0.1) is 36.2 Å². The van der Waals surface area contributed by atoms with Gasteiger partial charge in [0, 0.05) is 17.6 Å². The molecule has 4 nitrogen and oxygen atoms in total. The predicted octanol–water partition coefficient (Wildman–Crippen LogP) is 2.99. The van der Waals surface area contributed by atoms with Gasteiger partial charge >= 0.3 is 0 Å². The van der Waals surface area contributed by atoms with Gasteiger partial charge in [-0.1, -0.05) is 12.8 Å². The Morgan fingerprint density at radius 3 is 2.55 bits per heavy atom. The number of hydrogen-bond donors (Lipinski definition) is 2. The number of carbonyl (C=O) groups is 1. The first kappa shape index (κ1) is 19.6. The number of rotatable bonds is 4. The Kier molecular flexibility index (Phi) is 8.03. The van der Waals surface area contributed by atoms with Crippen molar-refractivity contribution in [2.24, 2.45) is 11.1 Å². The van der Waals surface area contributed by atoms with Gasteiger partial charge < -0.3 is 11.1 Å². The number of aryl methyl sites for hydroxylation is 1. The Labute approximate surface area is 136 Å². The molecule has 7 heteroatoms. The van der Waals surface area contributed by atoms with E-state index in [9.17, 15) is 4.79 Å². The first-order valence-corrected chi connectivity index (χ1v) is 7.38. The molecule has 0 aromatic carbocycles. The number of aromatic nitrogens is 1. The Balaban J connectivity index is 0.00000180. The minimum absolute atomic E-state index is 0. The van der Waals surface area contributed by atoms with Gasteiger partial charge in [0.15, 0.2) is 0 Å². The highest BCUT2D eigenvalue weighted by molar-refractivity contribution is 7.09. The maximum absolute atomic E-state index is 12.4. The molecule has 20 heavy (non-hydrogen) atoms. The summed E-state index contributed by atoms with van der Waals surface area (Å²) < 4.78 is 0. The topological polar surface area (TPSA) is 68.0 Å². The van der Waals surface area contributed by atoms with Gasteiger partial charge in [0.05, 0.1) is 11.5 Å². The SMILES string of the molecule is Cc1csc(C(C)NC(=O)C2(CN)CCCC2)n1.Cl.Cl. The summed E-state index contributed by atoms with van der Waals surface area (Å²) in [6.07, 6.45) is 4.04. The smallest absolute Gasteiger partial charge is 0.228 e. The van der Waals surface area contributed by atoms with Gasteiger partial charge in [-0.3, -0.25) is 4.79 Å². The van der Waals surface area contributed by atoms with Crippen molar-refractivity contribution < 1.29 is 4.79 Å². The first-order valence-electron chi connectivity index (χ1n) is 6.50. The number of thiazole rings is 1. The van der Waals surface area contributed by atoms with Gasteiger partial charge in [-0.25, -0.2) is 4.98 Å². The molecule has 1 heterocycles. The minimum Gasteiger partial charge on any atom is -0.347 e. The average molecular weight is 340 g/mol. The molecule has 1 fully saturated rings. The fourth-order valence-electron chi connectivity index (χ4n) is 2.56. The molecule has 2 rings (SSSR count). The Hall–Kier alpha value is -0.360. The number of hydrogen-bond acceptors (Lipinski definition) is 4. The van der Waals surface area contributed by atoms with Crippen LogP contribution < -0.4 is 11.1 Å². The van der Waals surface area contributed by atoms with Crippen LogP contribution in [0.1, 0.15) is 49.4 Å². The minimum atomic E-state index is -0.333. The van der Waals surface area contributed by atoms with Crippen molar-refractivity contribution >= 4 is 42.1 Å². The Bertz CT molecular complexity index is 433. The molecule has 1 aliphatic carbocycles. The van der Waals surface area contributed by atoms with E-state index in [2.05, 4.69) is 10.3 Å². The van der Waals surface area contributed by atoms with Crippen molar-refractivity contribution in [3.63, 3.8) is 0 Å². The van der Waals surface area contributed by atoms with Gasteiger partial charge in [0.2, 0.25) is 5.91 Å². The maximum Gasteiger partial charge on any atom is 0.228 e. The van der Waals surface area contributed by atoms with Crippen LogP contribution in [0.25, 0.3) is 0 Å². The van der Waals surface area contributed by atoms with Crippen molar-refractivity contribution in [1.29, 1.82) is 0 Å². The third-order valence-electron chi connectivity index (χ3n) is 3.79. The second-order valence-corrected chi connectivity index (χ2v) is 6.10. The highest BCUT2D eigenvalue weighted by Gasteiger charge is 2.40. The molecule has 1 unspecified atom stereocenters. The largest absolute Gasteiger partial charge is 0.347 e. The highest BCUT2D eigenvalue weighted by Crippen LogP contribution is 2.37. The van der Waals surface area contributed by atoms with Crippen molar-refractivity contribution in [2.45, 2.75) is 45.6 Å². The Morgan fingerprint density at radius 1 is 1.50 bits per heavy atom. The van der Waals surface area contributed by atoms with Crippen molar-refractivity contribution in [2.75, 3.05) is 6.54 Å². The van der Waals surface area contributed by atoms with E-state index in [1.54, 1.807) is 11.3 Å². The molecule has 1 aromatic rings. The third kappa shape index (κ3) is 4.07. The number of nitrogens with zero attached hydrogens (tertiary/aromatic N) is 1. The van der Waals surface area contributed by atoms with Crippen molar-refractivity contribution in [3.8, 4) is 0 Å². The van der Waals surface area contributed by atoms with Crippen molar-refractivity contribution in [3.05, 3.63) is 16.1 Å². The molecule has 1 amide bonds. The van der Waals surface area contributed by atoms with Crippen LogP contribution in [0.4, 0.5) is 0 Å². The molecule has 1 aromatic heterocycles. The van der Waals surface area contributed by atoms with E-state index in [4.69, 9.17) is 5.73 Å². The lowest BCUT2D eigenvalue weighted by atomic mass is 9.85. The lowest BCUT2D eigenvalue weighted by molar-refractivity contribution is -0.131. The molecule has 116 valence electrons. The lowest BCUT2D eigenvalue weighted by Gasteiger charge is -2.27. The fourth-order valence-corrected chi connectivity index (χ4v) is 3.36. The summed E-state index contributed by atoms with van der Waals surface area (Å²) in [5.74, 6) is 0.0999. The van der Waals surface area contributed by atoms with Crippen LogP contribution in [0.15, 0.2) is 5.38 Å². The summed E-state index contributed by atoms with van der Waals surface area (Å²) in [6.45, 7) is 4.39. The third-order valence-corrected chi connectivity index (χ3v) is 4.93. The van der Waals surface area contributed by atoms with Crippen molar-refractivity contribution in [1.82, 2.24) is 10.3 Å². The van der Waals surface area contributed by atoms with E-state index in [0.717, 1.165) is 36.4 Å². The second-order valence-electron chi connectivity index (χ2n) is 5.21. The van der Waals surface area contributed by atoms with Crippen LogP contribution in [-0.2, 0) is 4.79 Å². The summed E-state index contributed by atoms with van der Waals surface area (Å²) in [4.78, 5) is 16.8. The maximum atomic E-state index is 12.4. The zero-order valence-corrected chi connectivity index (χ0v) is 14.3. The Morgan fingerprint density at radius 2 is 2.10 bits per heavy atom. The molecule has 0 bridgehead atoms. The molecule has 0 radical (unpaired) electrons. The van der Waals surface area contributed by atoms with Gasteiger partial charge in [-0.2, -0.15) is 0 Å². The van der Waals surface area contributed by atoms with E-state index in [1.165, 1.54) is 0 Å². The van der Waals surface area contributed by atoms with E-state index < -0.39 is 0 Å². The summed E-state index contributed by atoms with van der Waals surface area (Å²) in [6, 6.07) is -0.0276. The average Bonchev–Trinajstić information content (AvgIpc) is 2.97. The molecule has 1 saturated carbocycles. The summed E-state index contributed by atoms with van der Waals surface area (Å²) >= 11 is 1.59. The molecule has 1 aliphatic rings. The summed E-state index contributed by atoms with van der Waals surface area (Å²) in [5.41, 5.74) is 6.49. The molecule has 3 N–H and O–H groups in total. The lowest BCUT2D eigenvalue weighted by Crippen LogP contribution is -2.44. The fraction of sp³-hybridized carbons (Fsp3) is 0.692. The van der Waals surface area contributed by atoms with Crippen LogP contribution in [-0.4, -0.2) is 17.4 Å². The molecule has 0 spiro atoms. The monoisotopic (exact) mass is 339 g/mol. The standard InChI is InChI=1S/C13H21N3OS.2ClH/c1-9-7-18-11(15-9)10(2)16-12(17)13(8-14)5-3-4-6-13;;/h7,10H,3-6,8,14H2,1-2H3,(H,16,17);2*1H. The van der Waals surface area contributed by atoms with Gasteiger partial charge in [0.1, 0.15) is 5.01 Å². The number of amides is 1. The number of halogens is 2. The van der Waals surface area contributed by atoms with Crippen LogP contribution in [0.2, 0.25) is 0 Å². The van der Waals surface area contributed by atoms with E-state index in [1.807, 2.05) is 19.2 Å². The second kappa shape index (κ2) is 8.17. The predicted molar refractivity (Wildman–Crippen MR) is 87.9 cm³/mol. The summed E-state index contributed by atoms with van der Waals surface area (Å²) in [5, 5.41) is 6.04. The normalized spacial score (nSPS) is 17.8. The molecule has 0 aliphatic heterocycles. The van der Waals surface area contributed by atoms with Crippen LogP contribution >= 0.6 is 36.2 Å². The highest BCUT2D eigenvalue weighted by atomic mass is 35.5. The van der Waals surface area contributed by atoms with Gasteiger partial charge in [-0.05, 0) is 26.7 Å². The first-order chi connectivity index (χ1) is 8.57. The van der Waals surface area contributed by atoms with Crippen LogP contribution in [0.3, 0.4) is 0 Å². The van der Waals surface area contributed by atoms with Crippen LogP contribution in [0.5, 0.6) is 0 Å². The van der Waals surface area contributed by atoms with E-state index in [0.29, 0.717) is 6.54 Å². The number of nitrogens with two attached hydrogens (primary N) is 1. The number of nitrogens with one attached hydrogen (secondary N) is 1. The zero-order chi connectivity index (χ0) is 13.2. The van der Waals surface area contributed by atoms with Crippen LogP contribution in [0, 0.1) is 12.3 Å². The molecule has 0 saturated heterocycles. The zero-order valence-electron chi connectivity index (χ0n) is 11.8. The van der Waals surface area contributed by atoms with Gasteiger partial charge in [0.25, 0.3) is 0 Å². The number of carbonyl (C=O) groups excluding carboxylic acids is 1. The molecular weight excluding hydrogens is 317 g/mol. The summed E-state index contributed by atoms with van der Waals surface area (Å²) in [7, 11) is 0. The van der Waals surface area contributed by atoms with E-state index >= 15 is 0 Å². The molecular formula is C13H23Cl2N3OS. The van der Waals surface area contributed by atoms with E-state index in [-0.39, 0.29) is 42.2 Å². The quantitative estimate of drug-likeness (QED) is 0.885.